The highest BCUT2D eigenvalue weighted by Crippen LogP contribution is 2.34. The average molecular weight is 470 g/mol. The number of furan rings is 1. The third-order valence-electron chi connectivity index (χ3n) is 4.91. The molecule has 0 spiro atoms. The molecule has 3 aromatic heterocycles. The largest absolute Gasteiger partial charge is 0.467 e. The second kappa shape index (κ2) is 8.81. The van der Waals surface area contributed by atoms with Crippen LogP contribution in [0.1, 0.15) is 16.3 Å². The van der Waals surface area contributed by atoms with Crippen molar-refractivity contribution in [2.24, 2.45) is 0 Å². The summed E-state index contributed by atoms with van der Waals surface area (Å²) in [7, 11) is 0. The first kappa shape index (κ1) is 20.2. The maximum Gasteiger partial charge on any atom is 0.237 e. The second-order valence-electron chi connectivity index (χ2n) is 6.99. The first-order valence-electron chi connectivity index (χ1n) is 9.74. The van der Waals surface area contributed by atoms with E-state index in [0.29, 0.717) is 24.0 Å². The number of carbonyl (C=O) groups is 1. The van der Waals surface area contributed by atoms with E-state index < -0.39 is 0 Å². The van der Waals surface area contributed by atoms with Crippen molar-refractivity contribution in [2.45, 2.75) is 24.2 Å². The first-order chi connectivity index (χ1) is 15.2. The van der Waals surface area contributed by atoms with E-state index in [9.17, 15) is 4.79 Å². The van der Waals surface area contributed by atoms with Gasteiger partial charge in [0, 0.05) is 23.2 Å². The molecule has 0 bridgehead atoms. The number of nitrogens with one attached hydrogen (secondary N) is 1. The SMILES string of the molecule is Cc1nc(-c2ccc3c(c2)CCN3C(=O)CSc2nnc(NCc3ccco3)s2)cs1. The minimum absolute atomic E-state index is 0.0845. The van der Waals surface area contributed by atoms with Gasteiger partial charge in [0.05, 0.1) is 29.3 Å². The molecule has 0 unspecified atom stereocenters. The normalized spacial score (nSPS) is 12.9. The lowest BCUT2D eigenvalue weighted by molar-refractivity contribution is -0.116. The molecule has 4 heterocycles. The summed E-state index contributed by atoms with van der Waals surface area (Å²) in [5, 5.41) is 15.3. The van der Waals surface area contributed by atoms with Crippen molar-refractivity contribution in [2.75, 3.05) is 22.5 Å². The van der Waals surface area contributed by atoms with Crippen LogP contribution in [0.25, 0.3) is 11.3 Å². The molecule has 0 fully saturated rings. The number of thioether (sulfide) groups is 1. The van der Waals surface area contributed by atoms with Gasteiger partial charge >= 0.3 is 0 Å². The summed E-state index contributed by atoms with van der Waals surface area (Å²) in [5.41, 5.74) is 4.30. The summed E-state index contributed by atoms with van der Waals surface area (Å²) in [5.74, 6) is 1.25. The van der Waals surface area contributed by atoms with Crippen molar-refractivity contribution in [3.05, 3.63) is 58.3 Å². The summed E-state index contributed by atoms with van der Waals surface area (Å²) < 4.78 is 6.06. The molecule has 4 aromatic rings. The van der Waals surface area contributed by atoms with Gasteiger partial charge in [0.2, 0.25) is 11.0 Å². The molecule has 0 radical (unpaired) electrons. The highest BCUT2D eigenvalue weighted by molar-refractivity contribution is 8.01. The number of rotatable bonds is 7. The fraction of sp³-hybridized carbons (Fsp3) is 0.238. The molecule has 0 atom stereocenters. The van der Waals surface area contributed by atoms with E-state index >= 15 is 0 Å². The van der Waals surface area contributed by atoms with Gasteiger partial charge in [-0.05, 0) is 43.2 Å². The molecule has 1 N–H and O–H groups in total. The van der Waals surface area contributed by atoms with Gasteiger partial charge in [0.15, 0.2) is 4.34 Å². The van der Waals surface area contributed by atoms with Crippen molar-refractivity contribution in [1.82, 2.24) is 15.2 Å². The third-order valence-corrected chi connectivity index (χ3v) is 7.68. The zero-order valence-electron chi connectivity index (χ0n) is 16.7. The number of fused-ring (bicyclic) bond motifs is 1. The molecule has 0 saturated heterocycles. The molecule has 158 valence electrons. The Balaban J connectivity index is 1.19. The van der Waals surface area contributed by atoms with Crippen molar-refractivity contribution in [3.8, 4) is 11.3 Å². The second-order valence-corrected chi connectivity index (χ2v) is 10.2. The van der Waals surface area contributed by atoms with E-state index in [1.54, 1.807) is 17.6 Å². The van der Waals surface area contributed by atoms with Crippen LogP contribution in [-0.4, -0.2) is 33.4 Å². The molecule has 0 saturated carbocycles. The lowest BCUT2D eigenvalue weighted by atomic mass is 10.1. The molecule has 7 nitrogen and oxygen atoms in total. The molecular formula is C21H19N5O2S3. The Morgan fingerprint density at radius 3 is 3.06 bits per heavy atom. The van der Waals surface area contributed by atoms with Crippen LogP contribution in [-0.2, 0) is 17.8 Å². The van der Waals surface area contributed by atoms with Gasteiger partial charge in [0.25, 0.3) is 0 Å². The van der Waals surface area contributed by atoms with Crippen LogP contribution in [0.5, 0.6) is 0 Å². The third kappa shape index (κ3) is 4.51. The van der Waals surface area contributed by atoms with Gasteiger partial charge < -0.3 is 14.6 Å². The Bertz CT molecular complexity index is 1200. The van der Waals surface area contributed by atoms with Crippen LogP contribution in [0.2, 0.25) is 0 Å². The van der Waals surface area contributed by atoms with Crippen LogP contribution in [0.15, 0.2) is 50.7 Å². The fourth-order valence-corrected chi connectivity index (χ4v) is 5.68. The molecule has 1 aliphatic rings. The number of benzene rings is 1. The van der Waals surface area contributed by atoms with Gasteiger partial charge in [0.1, 0.15) is 5.76 Å². The van der Waals surface area contributed by atoms with E-state index in [1.165, 1.54) is 28.7 Å². The highest BCUT2D eigenvalue weighted by atomic mass is 32.2. The van der Waals surface area contributed by atoms with E-state index in [0.717, 1.165) is 38.5 Å². The minimum Gasteiger partial charge on any atom is -0.467 e. The number of amides is 1. The zero-order valence-corrected chi connectivity index (χ0v) is 19.1. The minimum atomic E-state index is 0.0845. The molecule has 1 aliphatic heterocycles. The van der Waals surface area contributed by atoms with Gasteiger partial charge in [-0.3, -0.25) is 4.79 Å². The molecule has 0 aliphatic carbocycles. The Morgan fingerprint density at radius 1 is 1.32 bits per heavy atom. The Hall–Kier alpha value is -2.69. The number of hydrogen-bond acceptors (Lipinski definition) is 9. The van der Waals surface area contributed by atoms with Crippen molar-refractivity contribution >= 4 is 51.2 Å². The van der Waals surface area contributed by atoms with Gasteiger partial charge in [-0.15, -0.1) is 21.5 Å². The van der Waals surface area contributed by atoms with Crippen molar-refractivity contribution < 1.29 is 9.21 Å². The number of anilines is 2. The molecule has 31 heavy (non-hydrogen) atoms. The van der Waals surface area contributed by atoms with Crippen LogP contribution >= 0.6 is 34.4 Å². The quantitative estimate of drug-likeness (QED) is 0.387. The Morgan fingerprint density at radius 2 is 2.26 bits per heavy atom. The van der Waals surface area contributed by atoms with E-state index in [1.807, 2.05) is 36.1 Å². The highest BCUT2D eigenvalue weighted by Gasteiger charge is 2.25. The first-order valence-corrected chi connectivity index (χ1v) is 12.4. The van der Waals surface area contributed by atoms with E-state index in [2.05, 4.69) is 31.9 Å². The molecule has 1 aromatic carbocycles. The number of aryl methyl sites for hydroxylation is 1. The lowest BCUT2D eigenvalue weighted by Gasteiger charge is -2.17. The monoisotopic (exact) mass is 469 g/mol. The Labute approximate surface area is 191 Å². The van der Waals surface area contributed by atoms with Crippen LogP contribution in [0.4, 0.5) is 10.8 Å². The predicted molar refractivity (Wildman–Crippen MR) is 125 cm³/mol. The Kier molecular flexibility index (Phi) is 5.75. The molecule has 5 rings (SSSR count). The van der Waals surface area contributed by atoms with Gasteiger partial charge in [-0.1, -0.05) is 29.2 Å². The number of aromatic nitrogens is 3. The van der Waals surface area contributed by atoms with Gasteiger partial charge in [-0.25, -0.2) is 4.98 Å². The zero-order chi connectivity index (χ0) is 21.2. The number of nitrogens with zero attached hydrogens (tertiary/aromatic N) is 4. The van der Waals surface area contributed by atoms with Crippen molar-refractivity contribution in [3.63, 3.8) is 0 Å². The van der Waals surface area contributed by atoms with Gasteiger partial charge in [-0.2, -0.15) is 0 Å². The number of thiazole rings is 1. The van der Waals surface area contributed by atoms with E-state index in [-0.39, 0.29) is 5.91 Å². The smallest absolute Gasteiger partial charge is 0.237 e. The molecule has 1 amide bonds. The fourth-order valence-electron chi connectivity index (χ4n) is 3.43. The summed E-state index contributed by atoms with van der Waals surface area (Å²) in [4.78, 5) is 19.3. The summed E-state index contributed by atoms with van der Waals surface area (Å²) >= 11 is 4.51. The summed E-state index contributed by atoms with van der Waals surface area (Å²) in [6, 6.07) is 9.99. The molecular weight excluding hydrogens is 450 g/mol. The standard InChI is InChI=1S/C21H19N5O2S3/c1-13-23-17(11-29-13)14-4-5-18-15(9-14)6-7-26(18)19(27)12-30-21-25-24-20(31-21)22-10-16-3-2-8-28-16/h2-5,8-9,11H,6-7,10,12H2,1H3,(H,22,24). The number of hydrogen-bond donors (Lipinski definition) is 1. The van der Waals surface area contributed by atoms with Crippen molar-refractivity contribution in [1.29, 1.82) is 0 Å². The summed E-state index contributed by atoms with van der Waals surface area (Å²) in [6.45, 7) is 3.27. The average Bonchev–Trinajstić information content (AvgIpc) is 3.57. The predicted octanol–water partition coefficient (Wildman–Crippen LogP) is 4.86. The lowest BCUT2D eigenvalue weighted by Crippen LogP contribution is -2.30. The maximum absolute atomic E-state index is 12.9. The van der Waals surface area contributed by atoms with Crippen LogP contribution < -0.4 is 10.2 Å². The topological polar surface area (TPSA) is 84.2 Å². The van der Waals surface area contributed by atoms with Crippen LogP contribution in [0, 0.1) is 6.92 Å². The maximum atomic E-state index is 12.9. The van der Waals surface area contributed by atoms with Crippen LogP contribution in [0.3, 0.4) is 0 Å². The number of carbonyl (C=O) groups excluding carboxylic acids is 1. The summed E-state index contributed by atoms with van der Waals surface area (Å²) in [6.07, 6.45) is 2.50. The van der Waals surface area contributed by atoms with E-state index in [4.69, 9.17) is 4.42 Å². The molecule has 10 heteroatoms.